The zero-order chi connectivity index (χ0) is 23.0. The number of nitro groups is 1. The second-order valence-corrected chi connectivity index (χ2v) is 7.19. The summed E-state index contributed by atoms with van der Waals surface area (Å²) < 4.78 is 11.1. The summed E-state index contributed by atoms with van der Waals surface area (Å²) in [5.41, 5.74) is 1.68. The topological polar surface area (TPSA) is 90.6 Å². The molecule has 0 bridgehead atoms. The molecular formula is C25H22N4O4. The number of aromatic nitrogens is 2. The van der Waals surface area contributed by atoms with Crippen LogP contribution in [0.1, 0.15) is 11.1 Å². The van der Waals surface area contributed by atoms with Crippen molar-refractivity contribution in [3.63, 3.8) is 0 Å². The van der Waals surface area contributed by atoms with E-state index in [1.54, 1.807) is 24.3 Å². The third kappa shape index (κ3) is 5.24. The molecule has 3 aromatic carbocycles. The van der Waals surface area contributed by atoms with Crippen LogP contribution in [0.4, 0.5) is 11.5 Å². The van der Waals surface area contributed by atoms with E-state index in [2.05, 4.69) is 9.97 Å². The van der Waals surface area contributed by atoms with E-state index in [0.29, 0.717) is 24.6 Å². The van der Waals surface area contributed by atoms with Crippen LogP contribution in [0.5, 0.6) is 17.4 Å². The smallest absolute Gasteiger partial charge is 0.373 e. The molecule has 0 spiro atoms. The van der Waals surface area contributed by atoms with Crippen molar-refractivity contribution in [2.45, 2.75) is 13.1 Å². The van der Waals surface area contributed by atoms with Gasteiger partial charge in [0.05, 0.1) is 12.0 Å². The average molecular weight is 442 g/mol. The van der Waals surface area contributed by atoms with E-state index in [1.807, 2.05) is 65.6 Å². The highest BCUT2D eigenvalue weighted by Gasteiger charge is 2.29. The molecule has 0 N–H and O–H groups in total. The van der Waals surface area contributed by atoms with Crippen LogP contribution in [-0.2, 0) is 13.1 Å². The Morgan fingerprint density at radius 2 is 1.36 bits per heavy atom. The molecule has 0 aliphatic rings. The zero-order valence-electron chi connectivity index (χ0n) is 18.0. The van der Waals surface area contributed by atoms with Gasteiger partial charge in [-0.3, -0.25) is 10.1 Å². The number of hydrogen-bond acceptors (Lipinski definition) is 7. The highest BCUT2D eigenvalue weighted by molar-refractivity contribution is 5.64. The number of para-hydroxylation sites is 2. The lowest BCUT2D eigenvalue weighted by Gasteiger charge is -2.24. The minimum absolute atomic E-state index is 0.152. The predicted octanol–water partition coefficient (Wildman–Crippen LogP) is 5.39. The second-order valence-electron chi connectivity index (χ2n) is 7.19. The van der Waals surface area contributed by atoms with E-state index >= 15 is 0 Å². The molecule has 0 saturated heterocycles. The molecule has 8 nitrogen and oxygen atoms in total. The van der Waals surface area contributed by atoms with Crippen LogP contribution in [0.25, 0.3) is 0 Å². The number of anilines is 1. The number of ether oxygens (including phenoxy) is 2. The fraction of sp³-hybridized carbons (Fsp3) is 0.120. The van der Waals surface area contributed by atoms with Crippen LogP contribution in [0, 0.1) is 10.1 Å². The Kier molecular flexibility index (Phi) is 6.75. The molecule has 0 aliphatic carbocycles. The van der Waals surface area contributed by atoms with Crippen molar-refractivity contribution in [2.24, 2.45) is 0 Å². The fourth-order valence-electron chi connectivity index (χ4n) is 3.44. The van der Waals surface area contributed by atoms with E-state index in [-0.39, 0.29) is 17.4 Å². The maximum absolute atomic E-state index is 12.2. The van der Waals surface area contributed by atoms with Crippen LogP contribution in [0.15, 0.2) is 91.3 Å². The monoisotopic (exact) mass is 442 g/mol. The number of methoxy groups -OCH3 is 1. The summed E-state index contributed by atoms with van der Waals surface area (Å²) >= 11 is 0. The van der Waals surface area contributed by atoms with Gasteiger partial charge in [-0.15, -0.1) is 0 Å². The molecular weight excluding hydrogens is 420 g/mol. The largest absolute Gasteiger partial charge is 0.493 e. The van der Waals surface area contributed by atoms with E-state index in [0.717, 1.165) is 11.1 Å². The Labute approximate surface area is 191 Å². The maximum atomic E-state index is 12.2. The van der Waals surface area contributed by atoms with Crippen molar-refractivity contribution < 1.29 is 14.4 Å². The van der Waals surface area contributed by atoms with Gasteiger partial charge in [-0.25, -0.2) is 4.98 Å². The van der Waals surface area contributed by atoms with Gasteiger partial charge in [0.1, 0.15) is 6.33 Å². The fourth-order valence-corrected chi connectivity index (χ4v) is 3.44. The summed E-state index contributed by atoms with van der Waals surface area (Å²) in [5.74, 6) is 0.788. The van der Waals surface area contributed by atoms with E-state index in [4.69, 9.17) is 9.47 Å². The van der Waals surface area contributed by atoms with Gasteiger partial charge in [0.25, 0.3) is 0 Å². The van der Waals surface area contributed by atoms with Gasteiger partial charge in [0.15, 0.2) is 11.5 Å². The Morgan fingerprint density at radius 3 is 1.91 bits per heavy atom. The summed E-state index contributed by atoms with van der Waals surface area (Å²) in [6.45, 7) is 0.837. The molecule has 0 saturated carbocycles. The SMILES string of the molecule is COc1ccccc1Oc1ncnc(N(Cc2ccccc2)Cc2ccccc2)c1[N+](=O)[O-]. The van der Waals surface area contributed by atoms with Crippen LogP contribution in [-0.4, -0.2) is 22.0 Å². The Hall–Kier alpha value is -4.46. The number of nitrogens with zero attached hydrogens (tertiary/aromatic N) is 4. The van der Waals surface area contributed by atoms with E-state index in [9.17, 15) is 10.1 Å². The van der Waals surface area contributed by atoms with Gasteiger partial charge in [0, 0.05) is 13.1 Å². The molecule has 0 aliphatic heterocycles. The summed E-state index contributed by atoms with van der Waals surface area (Å²) in [5, 5.41) is 12.2. The lowest BCUT2D eigenvalue weighted by atomic mass is 10.1. The Balaban J connectivity index is 1.77. The molecule has 166 valence electrons. The Bertz CT molecular complexity index is 1180. The van der Waals surface area contributed by atoms with Crippen LogP contribution in [0.2, 0.25) is 0 Å². The summed E-state index contributed by atoms with van der Waals surface area (Å²) in [7, 11) is 1.50. The summed E-state index contributed by atoms with van der Waals surface area (Å²) in [6.07, 6.45) is 1.27. The Morgan fingerprint density at radius 1 is 0.818 bits per heavy atom. The minimum atomic E-state index is -0.511. The summed E-state index contributed by atoms with van der Waals surface area (Å²) in [4.78, 5) is 21.9. The first-order valence-corrected chi connectivity index (χ1v) is 10.3. The summed E-state index contributed by atoms with van der Waals surface area (Å²) in [6, 6.07) is 26.4. The lowest BCUT2D eigenvalue weighted by Crippen LogP contribution is -2.24. The molecule has 0 unspecified atom stereocenters. The first-order valence-electron chi connectivity index (χ1n) is 10.3. The second kappa shape index (κ2) is 10.2. The van der Waals surface area contributed by atoms with Gasteiger partial charge in [-0.05, 0) is 23.3 Å². The van der Waals surface area contributed by atoms with Crippen LogP contribution in [0.3, 0.4) is 0 Å². The molecule has 1 heterocycles. The molecule has 33 heavy (non-hydrogen) atoms. The van der Waals surface area contributed by atoms with Crippen molar-refractivity contribution in [3.05, 3.63) is 112 Å². The van der Waals surface area contributed by atoms with E-state index in [1.165, 1.54) is 13.4 Å². The van der Waals surface area contributed by atoms with Crippen LogP contribution >= 0.6 is 0 Å². The van der Waals surface area contributed by atoms with Gasteiger partial charge in [-0.1, -0.05) is 72.8 Å². The third-order valence-electron chi connectivity index (χ3n) is 4.96. The van der Waals surface area contributed by atoms with Crippen LogP contribution < -0.4 is 14.4 Å². The first-order chi connectivity index (χ1) is 16.2. The average Bonchev–Trinajstić information content (AvgIpc) is 2.85. The normalized spacial score (nSPS) is 10.5. The van der Waals surface area contributed by atoms with Gasteiger partial charge < -0.3 is 14.4 Å². The van der Waals surface area contributed by atoms with Gasteiger partial charge >= 0.3 is 11.6 Å². The standard InChI is InChI=1S/C25H22N4O4/c1-32-21-14-8-9-15-22(21)33-25-23(29(30)31)24(26-18-27-25)28(16-19-10-4-2-5-11-19)17-20-12-6-3-7-13-20/h2-15,18H,16-17H2,1H3. The molecule has 0 radical (unpaired) electrons. The van der Waals surface area contributed by atoms with E-state index < -0.39 is 4.92 Å². The molecule has 4 aromatic rings. The van der Waals surface area contributed by atoms with Crippen molar-refractivity contribution in [2.75, 3.05) is 12.0 Å². The number of rotatable bonds is 9. The van der Waals surface area contributed by atoms with Crippen molar-refractivity contribution in [1.29, 1.82) is 0 Å². The molecule has 0 atom stereocenters. The minimum Gasteiger partial charge on any atom is -0.493 e. The first kappa shape index (κ1) is 21.8. The molecule has 8 heteroatoms. The molecule has 0 amide bonds. The zero-order valence-corrected chi connectivity index (χ0v) is 18.0. The van der Waals surface area contributed by atoms with Crippen molar-refractivity contribution in [3.8, 4) is 17.4 Å². The highest BCUT2D eigenvalue weighted by atomic mass is 16.6. The molecule has 0 fully saturated rings. The maximum Gasteiger partial charge on any atom is 0.373 e. The van der Waals surface area contributed by atoms with Gasteiger partial charge in [-0.2, -0.15) is 4.98 Å². The third-order valence-corrected chi connectivity index (χ3v) is 4.96. The lowest BCUT2D eigenvalue weighted by molar-refractivity contribution is -0.385. The number of benzene rings is 3. The quantitative estimate of drug-likeness (QED) is 0.253. The molecule has 1 aromatic heterocycles. The predicted molar refractivity (Wildman–Crippen MR) is 125 cm³/mol. The number of hydrogen-bond donors (Lipinski definition) is 0. The highest BCUT2D eigenvalue weighted by Crippen LogP contribution is 2.39. The van der Waals surface area contributed by atoms with Gasteiger partial charge in [0.2, 0.25) is 5.82 Å². The van der Waals surface area contributed by atoms with Crippen molar-refractivity contribution >= 4 is 11.5 Å². The van der Waals surface area contributed by atoms with Crippen molar-refractivity contribution in [1.82, 2.24) is 9.97 Å². The molecule has 4 rings (SSSR count).